The van der Waals surface area contributed by atoms with Crippen LogP contribution in [-0.2, 0) is 6.54 Å². The highest BCUT2D eigenvalue weighted by Gasteiger charge is 2.07. The number of nitrogens with one attached hydrogen (secondary N) is 1. The minimum Gasteiger partial charge on any atom is -0.468 e. The second-order valence-corrected chi connectivity index (χ2v) is 4.79. The largest absolute Gasteiger partial charge is 0.468 e. The second kappa shape index (κ2) is 7.07. The number of rotatable bonds is 7. The van der Waals surface area contributed by atoms with Gasteiger partial charge in [-0.25, -0.2) is 0 Å². The number of hydrogen-bond acceptors (Lipinski definition) is 4. The van der Waals surface area contributed by atoms with Gasteiger partial charge in [0.2, 0.25) is 0 Å². The Morgan fingerprint density at radius 2 is 2.26 bits per heavy atom. The Morgan fingerprint density at radius 1 is 1.37 bits per heavy atom. The van der Waals surface area contributed by atoms with E-state index in [-0.39, 0.29) is 6.04 Å². The zero-order valence-electron chi connectivity index (χ0n) is 11.5. The summed E-state index contributed by atoms with van der Waals surface area (Å²) in [6, 6.07) is 8.24. The zero-order valence-corrected chi connectivity index (χ0v) is 11.5. The lowest BCUT2D eigenvalue weighted by atomic mass is 10.2. The fraction of sp³-hybridized carbons (Fsp3) is 0.400. The van der Waals surface area contributed by atoms with E-state index in [1.807, 2.05) is 24.4 Å². The summed E-state index contributed by atoms with van der Waals surface area (Å²) in [4.78, 5) is 6.40. The van der Waals surface area contributed by atoms with E-state index in [0.29, 0.717) is 0 Å². The third kappa shape index (κ3) is 4.50. The van der Waals surface area contributed by atoms with Crippen molar-refractivity contribution in [1.82, 2.24) is 15.2 Å². The minimum absolute atomic E-state index is 0.252. The molecule has 2 aromatic rings. The molecule has 0 saturated carbocycles. The molecule has 0 amide bonds. The average Bonchev–Trinajstić information content (AvgIpc) is 2.93. The second-order valence-electron chi connectivity index (χ2n) is 4.79. The third-order valence-electron chi connectivity index (χ3n) is 3.09. The molecule has 0 aliphatic carbocycles. The van der Waals surface area contributed by atoms with Gasteiger partial charge < -0.3 is 14.6 Å². The first-order chi connectivity index (χ1) is 9.25. The molecule has 0 saturated heterocycles. The summed E-state index contributed by atoms with van der Waals surface area (Å²) >= 11 is 0. The molecule has 0 aliphatic rings. The van der Waals surface area contributed by atoms with E-state index in [2.05, 4.69) is 35.2 Å². The Bertz CT molecular complexity index is 456. The van der Waals surface area contributed by atoms with Gasteiger partial charge in [0.25, 0.3) is 0 Å². The number of pyridine rings is 1. The highest BCUT2D eigenvalue weighted by Crippen LogP contribution is 2.11. The molecule has 0 bridgehead atoms. The molecule has 2 rings (SSSR count). The molecule has 0 aliphatic heterocycles. The average molecular weight is 259 g/mol. The van der Waals surface area contributed by atoms with Gasteiger partial charge in [0.05, 0.1) is 12.3 Å². The first kappa shape index (κ1) is 13.8. The topological polar surface area (TPSA) is 41.3 Å². The monoisotopic (exact) mass is 259 g/mol. The summed E-state index contributed by atoms with van der Waals surface area (Å²) in [5.41, 5.74) is 1.24. The van der Waals surface area contributed by atoms with Crippen molar-refractivity contribution in [2.45, 2.75) is 19.5 Å². The molecule has 2 aromatic heterocycles. The number of aromatic nitrogens is 1. The molecule has 4 nitrogen and oxygen atoms in total. The molecule has 0 fully saturated rings. The Hall–Kier alpha value is -1.65. The SMILES string of the molecule is CC(NCCN(C)Cc1cccnc1)c1ccco1. The van der Waals surface area contributed by atoms with E-state index >= 15 is 0 Å². The summed E-state index contributed by atoms with van der Waals surface area (Å²) in [5.74, 6) is 0.981. The molecule has 2 heterocycles. The Morgan fingerprint density at radius 3 is 2.95 bits per heavy atom. The lowest BCUT2D eigenvalue weighted by Crippen LogP contribution is -2.30. The van der Waals surface area contributed by atoms with Crippen LogP contribution < -0.4 is 5.32 Å². The minimum atomic E-state index is 0.252. The molecular weight excluding hydrogens is 238 g/mol. The van der Waals surface area contributed by atoms with Crippen LogP contribution in [0.2, 0.25) is 0 Å². The summed E-state index contributed by atoms with van der Waals surface area (Å²) in [6.07, 6.45) is 5.42. The van der Waals surface area contributed by atoms with Crippen molar-refractivity contribution in [2.75, 3.05) is 20.1 Å². The van der Waals surface area contributed by atoms with E-state index in [1.165, 1.54) is 5.56 Å². The Labute approximate surface area is 114 Å². The van der Waals surface area contributed by atoms with Crippen LogP contribution in [0.5, 0.6) is 0 Å². The van der Waals surface area contributed by atoms with Crippen molar-refractivity contribution in [3.63, 3.8) is 0 Å². The molecule has 102 valence electrons. The summed E-state index contributed by atoms with van der Waals surface area (Å²) in [7, 11) is 2.12. The fourth-order valence-electron chi connectivity index (χ4n) is 1.99. The van der Waals surface area contributed by atoms with Crippen LogP contribution >= 0.6 is 0 Å². The summed E-state index contributed by atoms with van der Waals surface area (Å²) in [5, 5.41) is 3.45. The number of furan rings is 1. The highest BCUT2D eigenvalue weighted by molar-refractivity contribution is 5.08. The molecule has 4 heteroatoms. The van der Waals surface area contributed by atoms with Crippen LogP contribution in [0.3, 0.4) is 0 Å². The highest BCUT2D eigenvalue weighted by atomic mass is 16.3. The maximum absolute atomic E-state index is 5.36. The quantitative estimate of drug-likeness (QED) is 0.829. The van der Waals surface area contributed by atoms with E-state index in [9.17, 15) is 0 Å². The zero-order chi connectivity index (χ0) is 13.5. The van der Waals surface area contributed by atoms with Gasteiger partial charge in [0, 0.05) is 32.0 Å². The van der Waals surface area contributed by atoms with Crippen molar-refractivity contribution >= 4 is 0 Å². The molecule has 1 unspecified atom stereocenters. The molecule has 1 atom stereocenters. The van der Waals surface area contributed by atoms with Crippen LogP contribution in [0.1, 0.15) is 24.3 Å². The van der Waals surface area contributed by atoms with Crippen LogP contribution in [-0.4, -0.2) is 30.0 Å². The van der Waals surface area contributed by atoms with Gasteiger partial charge in [0.1, 0.15) is 5.76 Å². The Kier molecular flexibility index (Phi) is 5.12. The van der Waals surface area contributed by atoms with Crippen molar-refractivity contribution in [1.29, 1.82) is 0 Å². The fourth-order valence-corrected chi connectivity index (χ4v) is 1.99. The molecular formula is C15H21N3O. The van der Waals surface area contributed by atoms with Gasteiger partial charge >= 0.3 is 0 Å². The van der Waals surface area contributed by atoms with E-state index in [0.717, 1.165) is 25.4 Å². The lowest BCUT2D eigenvalue weighted by Gasteiger charge is -2.18. The van der Waals surface area contributed by atoms with Gasteiger partial charge in [-0.15, -0.1) is 0 Å². The molecule has 0 radical (unpaired) electrons. The van der Waals surface area contributed by atoms with Crippen molar-refractivity contribution in [3.8, 4) is 0 Å². The predicted octanol–water partition coefficient (Wildman–Crippen LogP) is 2.46. The van der Waals surface area contributed by atoms with Gasteiger partial charge in [-0.1, -0.05) is 6.07 Å². The van der Waals surface area contributed by atoms with Crippen LogP contribution in [0.25, 0.3) is 0 Å². The van der Waals surface area contributed by atoms with Crippen molar-refractivity contribution in [2.24, 2.45) is 0 Å². The maximum Gasteiger partial charge on any atom is 0.120 e. The smallest absolute Gasteiger partial charge is 0.120 e. The first-order valence-corrected chi connectivity index (χ1v) is 6.60. The standard InChI is InChI=1S/C15H21N3O/c1-13(15-6-4-10-19-15)17-8-9-18(2)12-14-5-3-7-16-11-14/h3-7,10-11,13,17H,8-9,12H2,1-2H3. The number of likely N-dealkylation sites (N-methyl/N-ethyl adjacent to an activating group) is 1. The van der Waals surface area contributed by atoms with Gasteiger partial charge in [-0.05, 0) is 37.7 Å². The number of hydrogen-bond donors (Lipinski definition) is 1. The van der Waals surface area contributed by atoms with Crippen LogP contribution in [0.15, 0.2) is 47.3 Å². The maximum atomic E-state index is 5.36. The first-order valence-electron chi connectivity index (χ1n) is 6.60. The molecule has 1 N–H and O–H groups in total. The summed E-state index contributed by atoms with van der Waals surface area (Å²) in [6.45, 7) is 4.95. The normalized spacial score (nSPS) is 12.8. The predicted molar refractivity (Wildman–Crippen MR) is 75.7 cm³/mol. The third-order valence-corrected chi connectivity index (χ3v) is 3.09. The van der Waals surface area contributed by atoms with Crippen molar-refractivity contribution in [3.05, 3.63) is 54.2 Å². The van der Waals surface area contributed by atoms with E-state index in [1.54, 1.807) is 12.5 Å². The van der Waals surface area contributed by atoms with Crippen LogP contribution in [0.4, 0.5) is 0 Å². The molecule has 0 spiro atoms. The lowest BCUT2D eigenvalue weighted by molar-refractivity contribution is 0.313. The summed E-state index contributed by atoms with van der Waals surface area (Å²) < 4.78 is 5.36. The van der Waals surface area contributed by atoms with E-state index < -0.39 is 0 Å². The van der Waals surface area contributed by atoms with Gasteiger partial charge in [-0.3, -0.25) is 4.98 Å². The van der Waals surface area contributed by atoms with Gasteiger partial charge in [0.15, 0.2) is 0 Å². The van der Waals surface area contributed by atoms with Crippen LogP contribution in [0, 0.1) is 0 Å². The molecule has 19 heavy (non-hydrogen) atoms. The van der Waals surface area contributed by atoms with E-state index in [4.69, 9.17) is 4.42 Å². The van der Waals surface area contributed by atoms with Gasteiger partial charge in [-0.2, -0.15) is 0 Å². The van der Waals surface area contributed by atoms with Crippen molar-refractivity contribution < 1.29 is 4.42 Å². The Balaban J connectivity index is 1.68. The number of nitrogens with zero attached hydrogens (tertiary/aromatic N) is 2. The molecule has 0 aromatic carbocycles.